The summed E-state index contributed by atoms with van der Waals surface area (Å²) in [7, 11) is 0. The van der Waals surface area contributed by atoms with Crippen LogP contribution in [0.3, 0.4) is 0 Å². The van der Waals surface area contributed by atoms with Gasteiger partial charge in [0.15, 0.2) is 0 Å². The molecule has 2 N–H and O–H groups in total. The maximum atomic E-state index is 12.3. The van der Waals surface area contributed by atoms with Gasteiger partial charge in [-0.05, 0) is 47.7 Å². The van der Waals surface area contributed by atoms with Crippen LogP contribution in [0.2, 0.25) is 0 Å². The lowest BCUT2D eigenvalue weighted by Crippen LogP contribution is -2.31. The number of rotatable bonds is 7. The van der Waals surface area contributed by atoms with Crippen molar-refractivity contribution in [1.29, 1.82) is 0 Å². The van der Waals surface area contributed by atoms with Gasteiger partial charge >= 0.3 is 0 Å². The number of nitrogens with zero attached hydrogens (tertiary/aromatic N) is 2. The topological polar surface area (TPSA) is 59.0 Å². The van der Waals surface area contributed by atoms with Crippen LogP contribution >= 0.6 is 12.4 Å². The molecule has 0 radical (unpaired) electrons. The molecule has 1 amide bonds. The molecular formula is C23H27ClN4O. The molecule has 6 heteroatoms. The summed E-state index contributed by atoms with van der Waals surface area (Å²) in [4.78, 5) is 12.3. The third kappa shape index (κ3) is 5.68. The molecule has 0 saturated carbocycles. The van der Waals surface area contributed by atoms with E-state index < -0.39 is 0 Å². The van der Waals surface area contributed by atoms with E-state index in [1.807, 2.05) is 29.1 Å². The van der Waals surface area contributed by atoms with E-state index in [0.717, 1.165) is 42.6 Å². The van der Waals surface area contributed by atoms with E-state index >= 15 is 0 Å². The molecule has 0 bridgehead atoms. The summed E-state index contributed by atoms with van der Waals surface area (Å²) in [6.07, 6.45) is 6.57. The lowest BCUT2D eigenvalue weighted by atomic mass is 9.98. The van der Waals surface area contributed by atoms with Gasteiger partial charge in [-0.25, -0.2) is 0 Å². The Morgan fingerprint density at radius 3 is 2.69 bits per heavy atom. The summed E-state index contributed by atoms with van der Waals surface area (Å²) in [6.45, 7) is 2.34. The van der Waals surface area contributed by atoms with Crippen LogP contribution in [-0.2, 0) is 17.9 Å². The van der Waals surface area contributed by atoms with Gasteiger partial charge in [-0.15, -0.1) is 12.4 Å². The molecule has 152 valence electrons. The lowest BCUT2D eigenvalue weighted by Gasteiger charge is -2.13. The van der Waals surface area contributed by atoms with Crippen LogP contribution in [0.25, 0.3) is 11.1 Å². The molecule has 2 aromatic carbocycles. The molecular weight excluding hydrogens is 384 g/mol. The van der Waals surface area contributed by atoms with Crippen molar-refractivity contribution in [2.45, 2.75) is 38.4 Å². The third-order valence-electron chi connectivity index (χ3n) is 5.26. The Kier molecular flexibility index (Phi) is 7.44. The fraction of sp³-hybridized carbons (Fsp3) is 0.304. The summed E-state index contributed by atoms with van der Waals surface area (Å²) in [5, 5.41) is 10.7. The van der Waals surface area contributed by atoms with Crippen LogP contribution in [0.1, 0.15) is 30.4 Å². The van der Waals surface area contributed by atoms with Crippen molar-refractivity contribution in [3.63, 3.8) is 0 Å². The van der Waals surface area contributed by atoms with Crippen LogP contribution in [-0.4, -0.2) is 28.3 Å². The van der Waals surface area contributed by atoms with E-state index in [4.69, 9.17) is 0 Å². The monoisotopic (exact) mass is 410 g/mol. The van der Waals surface area contributed by atoms with Crippen molar-refractivity contribution in [3.05, 3.63) is 78.1 Å². The fourth-order valence-electron chi connectivity index (χ4n) is 3.75. The van der Waals surface area contributed by atoms with Crippen molar-refractivity contribution in [2.75, 3.05) is 6.54 Å². The van der Waals surface area contributed by atoms with Crippen LogP contribution in [0, 0.1) is 0 Å². The second kappa shape index (κ2) is 10.2. The summed E-state index contributed by atoms with van der Waals surface area (Å²) in [5.41, 5.74) is 4.66. The first-order valence-corrected chi connectivity index (χ1v) is 9.93. The highest BCUT2D eigenvalue weighted by molar-refractivity contribution is 5.85. The number of amides is 1. The molecule has 2 heterocycles. The van der Waals surface area contributed by atoms with Crippen molar-refractivity contribution >= 4 is 18.3 Å². The maximum Gasteiger partial charge on any atom is 0.221 e. The molecule has 1 atom stereocenters. The first-order valence-electron chi connectivity index (χ1n) is 9.93. The minimum atomic E-state index is 0. The van der Waals surface area contributed by atoms with Gasteiger partial charge in [0.05, 0.1) is 6.54 Å². The van der Waals surface area contributed by atoms with Crippen molar-refractivity contribution < 1.29 is 4.79 Å². The fourth-order valence-corrected chi connectivity index (χ4v) is 3.75. The maximum absolute atomic E-state index is 12.3. The number of hydrogen-bond donors (Lipinski definition) is 2. The van der Waals surface area contributed by atoms with Crippen LogP contribution in [0.5, 0.6) is 0 Å². The van der Waals surface area contributed by atoms with E-state index in [1.54, 1.807) is 6.20 Å². The number of aromatic nitrogens is 2. The summed E-state index contributed by atoms with van der Waals surface area (Å²) < 4.78 is 1.91. The zero-order chi connectivity index (χ0) is 19.2. The molecule has 4 rings (SSSR count). The normalized spacial score (nSPS) is 15.7. The molecule has 0 aliphatic carbocycles. The zero-order valence-corrected chi connectivity index (χ0v) is 17.2. The number of benzene rings is 2. The van der Waals surface area contributed by atoms with Crippen molar-refractivity contribution in [1.82, 2.24) is 20.4 Å². The third-order valence-corrected chi connectivity index (χ3v) is 5.26. The highest BCUT2D eigenvalue weighted by Crippen LogP contribution is 2.24. The molecule has 1 saturated heterocycles. The van der Waals surface area contributed by atoms with Crippen LogP contribution in [0.4, 0.5) is 0 Å². The van der Waals surface area contributed by atoms with Crippen molar-refractivity contribution in [2.24, 2.45) is 0 Å². The molecule has 5 nitrogen and oxygen atoms in total. The van der Waals surface area contributed by atoms with E-state index in [-0.39, 0.29) is 18.3 Å². The van der Waals surface area contributed by atoms with Gasteiger partial charge in [-0.2, -0.15) is 5.10 Å². The van der Waals surface area contributed by atoms with Gasteiger partial charge in [-0.3, -0.25) is 9.48 Å². The average Bonchev–Trinajstić information content (AvgIpc) is 3.42. The Balaban J connectivity index is 0.00000240. The standard InChI is InChI=1S/C23H26N4O.ClH/c28-23(15-21-6-3-12-24-21)25-16-20-5-1-2-7-22(20)19-10-8-18(9-11-19)17-27-14-4-13-26-27;/h1-2,4-5,7-11,13-14,21,24H,3,6,12,15-17H2,(H,25,28);1H. The predicted octanol–water partition coefficient (Wildman–Crippen LogP) is 3.78. The molecule has 3 aromatic rings. The molecule has 0 spiro atoms. The second-order valence-corrected chi connectivity index (χ2v) is 7.33. The summed E-state index contributed by atoms with van der Waals surface area (Å²) in [6, 6.07) is 19.1. The quantitative estimate of drug-likeness (QED) is 0.623. The smallest absolute Gasteiger partial charge is 0.221 e. The van der Waals surface area contributed by atoms with Gasteiger partial charge in [0.1, 0.15) is 0 Å². The minimum absolute atomic E-state index is 0. The Labute approximate surface area is 177 Å². The Hall–Kier alpha value is -2.63. The molecule has 1 fully saturated rings. The minimum Gasteiger partial charge on any atom is -0.352 e. The summed E-state index contributed by atoms with van der Waals surface area (Å²) >= 11 is 0. The highest BCUT2D eigenvalue weighted by Gasteiger charge is 2.17. The van der Waals surface area contributed by atoms with E-state index in [0.29, 0.717) is 19.0 Å². The highest BCUT2D eigenvalue weighted by atomic mass is 35.5. The second-order valence-electron chi connectivity index (χ2n) is 7.33. The van der Waals surface area contributed by atoms with E-state index in [9.17, 15) is 4.79 Å². The number of carbonyl (C=O) groups is 1. The first kappa shape index (κ1) is 21.1. The molecule has 1 aliphatic heterocycles. The van der Waals surface area contributed by atoms with Crippen LogP contribution in [0.15, 0.2) is 67.0 Å². The van der Waals surface area contributed by atoms with Gasteiger partial charge in [0.25, 0.3) is 0 Å². The van der Waals surface area contributed by atoms with Crippen LogP contribution < -0.4 is 10.6 Å². The SMILES string of the molecule is Cl.O=C(CC1CCCN1)NCc1ccccc1-c1ccc(Cn2cccn2)cc1. The van der Waals surface area contributed by atoms with E-state index in [2.05, 4.69) is 52.1 Å². The van der Waals surface area contributed by atoms with Gasteiger partial charge in [-0.1, -0.05) is 48.5 Å². The molecule has 1 aromatic heterocycles. The largest absolute Gasteiger partial charge is 0.352 e. The van der Waals surface area contributed by atoms with Gasteiger partial charge < -0.3 is 10.6 Å². The molecule has 1 aliphatic rings. The van der Waals surface area contributed by atoms with Gasteiger partial charge in [0.2, 0.25) is 5.91 Å². The van der Waals surface area contributed by atoms with Crippen molar-refractivity contribution in [3.8, 4) is 11.1 Å². The summed E-state index contributed by atoms with van der Waals surface area (Å²) in [5.74, 6) is 0.115. The first-order chi connectivity index (χ1) is 13.8. The van der Waals surface area contributed by atoms with Gasteiger partial charge in [0, 0.05) is 31.4 Å². The zero-order valence-electron chi connectivity index (χ0n) is 16.4. The Morgan fingerprint density at radius 2 is 1.97 bits per heavy atom. The molecule has 29 heavy (non-hydrogen) atoms. The van der Waals surface area contributed by atoms with E-state index in [1.165, 1.54) is 5.56 Å². The lowest BCUT2D eigenvalue weighted by molar-refractivity contribution is -0.121. The number of hydrogen-bond acceptors (Lipinski definition) is 3. The number of halogens is 1. The number of carbonyl (C=O) groups excluding carboxylic acids is 1. The average molecular weight is 411 g/mol. The molecule has 1 unspecified atom stereocenters. The number of nitrogens with one attached hydrogen (secondary N) is 2. The Bertz CT molecular complexity index is 903. The predicted molar refractivity (Wildman–Crippen MR) is 118 cm³/mol. The Morgan fingerprint density at radius 1 is 1.14 bits per heavy atom.